The van der Waals surface area contributed by atoms with Crippen molar-refractivity contribution in [3.63, 3.8) is 0 Å². The van der Waals surface area contributed by atoms with Gasteiger partial charge in [0.15, 0.2) is 18.9 Å². The van der Waals surface area contributed by atoms with Gasteiger partial charge in [-0.05, 0) is 103 Å². The molecule has 3 fully saturated rings. The van der Waals surface area contributed by atoms with Crippen LogP contribution in [0, 0.1) is 0 Å². The predicted molar refractivity (Wildman–Crippen MR) is 442 cm³/mol. The van der Waals surface area contributed by atoms with Crippen molar-refractivity contribution in [3.8, 4) is 0 Å². The molecule has 630 valence electrons. The van der Waals surface area contributed by atoms with E-state index in [1.54, 1.807) is 6.08 Å². The van der Waals surface area contributed by atoms with Gasteiger partial charge in [-0.3, -0.25) is 4.79 Å². The van der Waals surface area contributed by atoms with Gasteiger partial charge in [-0.2, -0.15) is 0 Å². The van der Waals surface area contributed by atoms with Crippen LogP contribution in [0.1, 0.15) is 290 Å². The molecular formula is C91H153NO18. The fraction of sp³-hybridized carbons (Fsp3) is 0.725. The van der Waals surface area contributed by atoms with Crippen LogP contribution in [-0.4, -0.2) is 193 Å². The Morgan fingerprint density at radius 1 is 0.336 bits per heavy atom. The summed E-state index contributed by atoms with van der Waals surface area (Å²) >= 11 is 0. The van der Waals surface area contributed by atoms with Crippen molar-refractivity contribution < 1.29 is 89.4 Å². The Hall–Kier alpha value is -4.33. The molecule has 19 heteroatoms. The van der Waals surface area contributed by atoms with Crippen LogP contribution in [0.5, 0.6) is 0 Å². The van der Waals surface area contributed by atoms with Crippen LogP contribution in [0.25, 0.3) is 0 Å². The van der Waals surface area contributed by atoms with E-state index in [1.165, 1.54) is 122 Å². The third kappa shape index (κ3) is 47.5. The molecule has 0 saturated carbocycles. The number of aliphatic hydroxyl groups is 11. The van der Waals surface area contributed by atoms with Crippen LogP contribution < -0.4 is 5.32 Å². The van der Waals surface area contributed by atoms with E-state index >= 15 is 0 Å². The number of nitrogens with one attached hydrogen (secondary N) is 1. The maximum absolute atomic E-state index is 13.5. The summed E-state index contributed by atoms with van der Waals surface area (Å²) in [5, 5.41) is 121. The van der Waals surface area contributed by atoms with Crippen LogP contribution >= 0.6 is 0 Å². The Bertz CT molecular complexity index is 2560. The highest BCUT2D eigenvalue weighted by Crippen LogP contribution is 2.33. The first kappa shape index (κ1) is 99.9. The summed E-state index contributed by atoms with van der Waals surface area (Å²) in [4.78, 5) is 13.5. The minimum absolute atomic E-state index is 0.222. The smallest absolute Gasteiger partial charge is 0.220 e. The van der Waals surface area contributed by atoms with Gasteiger partial charge in [-0.15, -0.1) is 0 Å². The van der Waals surface area contributed by atoms with Crippen LogP contribution in [-0.2, 0) is 33.2 Å². The highest BCUT2D eigenvalue weighted by molar-refractivity contribution is 5.76. The zero-order chi connectivity index (χ0) is 79.5. The molecule has 0 spiro atoms. The van der Waals surface area contributed by atoms with Crippen molar-refractivity contribution in [2.75, 3.05) is 26.4 Å². The van der Waals surface area contributed by atoms with Gasteiger partial charge in [0.2, 0.25) is 5.91 Å². The molecule has 3 rings (SSSR count). The number of amides is 1. The third-order valence-corrected chi connectivity index (χ3v) is 20.4. The molecule has 17 atom stereocenters. The normalized spacial score (nSPS) is 25.9. The molecule has 17 unspecified atom stereocenters. The second kappa shape index (κ2) is 69.0. The number of aliphatic hydroxyl groups excluding tert-OH is 11. The molecule has 0 aliphatic carbocycles. The lowest BCUT2D eigenvalue weighted by Gasteiger charge is -2.48. The summed E-state index contributed by atoms with van der Waals surface area (Å²) in [6.45, 7) is 1.63. The molecule has 1 amide bonds. The summed E-state index contributed by atoms with van der Waals surface area (Å²) in [5.74, 6) is -0.290. The number of carbonyl (C=O) groups is 1. The average molecular weight is 1550 g/mol. The number of ether oxygens (including phenoxy) is 6. The van der Waals surface area contributed by atoms with E-state index in [9.17, 15) is 61.0 Å². The number of rotatable bonds is 67. The van der Waals surface area contributed by atoms with Crippen molar-refractivity contribution in [3.05, 3.63) is 146 Å². The van der Waals surface area contributed by atoms with Gasteiger partial charge in [0.05, 0.1) is 38.6 Å². The third-order valence-electron chi connectivity index (χ3n) is 20.4. The Balaban J connectivity index is 1.35. The van der Waals surface area contributed by atoms with E-state index in [4.69, 9.17) is 28.4 Å². The molecule has 12 N–H and O–H groups in total. The minimum atomic E-state index is -1.99. The molecule has 110 heavy (non-hydrogen) atoms. The number of carbonyl (C=O) groups excluding carboxylic acids is 1. The van der Waals surface area contributed by atoms with Crippen molar-refractivity contribution in [2.45, 2.75) is 394 Å². The maximum atomic E-state index is 13.5. The van der Waals surface area contributed by atoms with Gasteiger partial charge in [0.1, 0.15) is 73.2 Å². The Labute approximate surface area is 663 Å². The van der Waals surface area contributed by atoms with E-state index in [0.717, 1.165) is 141 Å². The van der Waals surface area contributed by atoms with Gasteiger partial charge in [0.25, 0.3) is 0 Å². The van der Waals surface area contributed by atoms with Crippen molar-refractivity contribution in [1.82, 2.24) is 5.32 Å². The fourth-order valence-electron chi connectivity index (χ4n) is 13.6. The monoisotopic (exact) mass is 1550 g/mol. The second-order valence-electron chi connectivity index (χ2n) is 29.9. The highest BCUT2D eigenvalue weighted by atomic mass is 16.8. The van der Waals surface area contributed by atoms with Crippen molar-refractivity contribution in [1.29, 1.82) is 0 Å². The molecule has 0 aromatic heterocycles. The maximum Gasteiger partial charge on any atom is 0.220 e. The molecule has 0 bridgehead atoms. The summed E-state index contributed by atoms with van der Waals surface area (Å²) in [6, 6.07) is -0.991. The van der Waals surface area contributed by atoms with E-state index in [0.29, 0.717) is 6.42 Å². The first-order valence-electron chi connectivity index (χ1n) is 43.1. The van der Waals surface area contributed by atoms with Gasteiger partial charge in [0, 0.05) is 6.42 Å². The van der Waals surface area contributed by atoms with E-state index in [1.807, 2.05) is 6.08 Å². The standard InChI is InChI=1S/C91H153NO18/c1-3-5-7-9-11-13-15-17-19-21-23-25-27-29-30-31-32-33-34-35-36-37-38-39-40-41-42-43-44-45-47-49-51-53-55-57-59-61-63-65-67-69-79(97)92-74(75(96)68-66-64-62-60-58-56-54-52-50-48-46-28-26-24-22-20-18-16-14-12-10-8-6-4-2)73-105-89-85(103)82(100)87(77(71-94)107-89)110-91-86(104)83(101)88(78(72-95)108-91)109-90-84(102)81(99)80(98)76(70-93)106-90/h5,7,11,13,17,19,23,25,29-30,32-33,35-36,38-39,41-42,44-45,49,51,66,68,74-78,80-91,93-96,98-104H,3-4,6,8-10,12,14-16,18,20-22,24,26-28,31,34,37,40,43,46-48,50,52-65,67,69-73H2,1-2H3,(H,92,97)/b7-5-,13-11-,19-17-,25-23-,30-29-,33-32-,36-35-,39-38-,42-41-,45-44-,51-49-,68-66+. The molecule has 0 aromatic carbocycles. The van der Waals surface area contributed by atoms with Gasteiger partial charge in [-0.25, -0.2) is 0 Å². The summed E-state index contributed by atoms with van der Waals surface area (Å²) in [5.41, 5.74) is 0. The van der Waals surface area contributed by atoms with Gasteiger partial charge >= 0.3 is 0 Å². The Morgan fingerprint density at radius 3 is 0.982 bits per heavy atom. The molecule has 3 heterocycles. The van der Waals surface area contributed by atoms with Gasteiger partial charge < -0.3 is 89.9 Å². The molecule has 3 aliphatic rings. The SMILES string of the molecule is CC/C=C\C/C=C\C/C=C\C/C=C\C/C=C\C/C=C\C/C=C\C/C=C\C/C=C\C/C=C\C/C=C\CCCCCCCCCC(=O)NC(COC1OC(CO)C(OC2OC(CO)C(OC3OC(CO)C(O)C(O)C3O)C(O)C2O)C(O)C1O)C(O)/C=C/CCCCCCCCCCCCCCCCCCCCCCCC. The Kier molecular flexibility index (Phi) is 62.7. The lowest BCUT2D eigenvalue weighted by atomic mass is 9.96. The number of unbranched alkanes of at least 4 members (excludes halogenated alkanes) is 29. The minimum Gasteiger partial charge on any atom is -0.394 e. The van der Waals surface area contributed by atoms with Crippen LogP contribution in [0.3, 0.4) is 0 Å². The van der Waals surface area contributed by atoms with E-state index < -0.39 is 124 Å². The number of allylic oxidation sites excluding steroid dienone is 23. The summed E-state index contributed by atoms with van der Waals surface area (Å²) in [6.07, 6.45) is 74.0. The topological polar surface area (TPSA) is 307 Å². The molecule has 0 radical (unpaired) electrons. The Morgan fingerprint density at radius 2 is 0.627 bits per heavy atom. The zero-order valence-electron chi connectivity index (χ0n) is 67.7. The average Bonchev–Trinajstić information content (AvgIpc) is 0.782. The highest BCUT2D eigenvalue weighted by Gasteiger charge is 2.54. The molecule has 3 saturated heterocycles. The van der Waals surface area contributed by atoms with Crippen LogP contribution in [0.15, 0.2) is 146 Å². The quantitative estimate of drug-likeness (QED) is 0.0199. The number of hydrogen-bond donors (Lipinski definition) is 12. The molecule has 19 nitrogen and oxygen atoms in total. The van der Waals surface area contributed by atoms with Crippen molar-refractivity contribution >= 4 is 5.91 Å². The zero-order valence-corrected chi connectivity index (χ0v) is 67.7. The van der Waals surface area contributed by atoms with Crippen LogP contribution in [0.4, 0.5) is 0 Å². The summed E-state index contributed by atoms with van der Waals surface area (Å²) < 4.78 is 34.5. The largest absolute Gasteiger partial charge is 0.394 e. The molecular weight excluding hydrogens is 1390 g/mol. The fourth-order valence-corrected chi connectivity index (χ4v) is 13.6. The van der Waals surface area contributed by atoms with E-state index in [-0.39, 0.29) is 18.9 Å². The van der Waals surface area contributed by atoms with Gasteiger partial charge in [-0.1, -0.05) is 327 Å². The second-order valence-corrected chi connectivity index (χ2v) is 29.9. The first-order valence-corrected chi connectivity index (χ1v) is 43.1. The van der Waals surface area contributed by atoms with Crippen molar-refractivity contribution in [2.24, 2.45) is 0 Å². The lowest BCUT2D eigenvalue weighted by molar-refractivity contribution is -0.379. The lowest BCUT2D eigenvalue weighted by Crippen LogP contribution is -2.66. The van der Waals surface area contributed by atoms with Crippen LogP contribution in [0.2, 0.25) is 0 Å². The molecule has 3 aliphatic heterocycles. The summed E-state index contributed by atoms with van der Waals surface area (Å²) in [7, 11) is 0. The number of hydrogen-bond acceptors (Lipinski definition) is 18. The van der Waals surface area contributed by atoms with E-state index in [2.05, 4.69) is 153 Å². The first-order chi connectivity index (χ1) is 53.8. The predicted octanol–water partition coefficient (Wildman–Crippen LogP) is 15.8. The molecule has 0 aromatic rings.